The zero-order chi connectivity index (χ0) is 12.3. The number of aryl methyl sites for hydroxylation is 1. The van der Waals surface area contributed by atoms with Gasteiger partial charge >= 0.3 is 0 Å². The zero-order valence-corrected chi connectivity index (χ0v) is 11.1. The normalized spacial score (nSPS) is 14.4. The average molecular weight is 224 g/mol. The van der Waals surface area contributed by atoms with Crippen molar-refractivity contribution in [3.63, 3.8) is 0 Å². The van der Waals surface area contributed by atoms with Crippen LogP contribution in [0.1, 0.15) is 26.3 Å². The standard InChI is InChI=1S/C12H24N4/c1-12(2,3)11(13)9-15(4)7-10-6-14-16(5)8-10/h6,8,11H,7,9,13H2,1-5H3. The van der Waals surface area contributed by atoms with Gasteiger partial charge in [0.1, 0.15) is 0 Å². The second kappa shape index (κ2) is 4.97. The van der Waals surface area contributed by atoms with Crippen molar-refractivity contribution in [2.24, 2.45) is 18.2 Å². The molecule has 0 amide bonds. The maximum absolute atomic E-state index is 6.15. The van der Waals surface area contributed by atoms with Gasteiger partial charge < -0.3 is 10.6 Å². The monoisotopic (exact) mass is 224 g/mol. The Labute approximate surface area is 98.4 Å². The molecule has 2 N–H and O–H groups in total. The SMILES string of the molecule is CN(Cc1cnn(C)c1)CC(N)C(C)(C)C. The number of aromatic nitrogens is 2. The van der Waals surface area contributed by atoms with Gasteiger partial charge in [0, 0.05) is 37.9 Å². The van der Waals surface area contributed by atoms with Crippen LogP contribution in [-0.2, 0) is 13.6 Å². The van der Waals surface area contributed by atoms with Gasteiger partial charge in [-0.25, -0.2) is 0 Å². The minimum Gasteiger partial charge on any atom is -0.326 e. The fraction of sp³-hybridized carbons (Fsp3) is 0.750. The third-order valence-electron chi connectivity index (χ3n) is 2.83. The van der Waals surface area contributed by atoms with Gasteiger partial charge in [-0.1, -0.05) is 20.8 Å². The highest BCUT2D eigenvalue weighted by Crippen LogP contribution is 2.18. The molecule has 0 spiro atoms. The lowest BCUT2D eigenvalue weighted by atomic mass is 9.87. The molecule has 0 fully saturated rings. The van der Waals surface area contributed by atoms with Crippen molar-refractivity contribution in [3.8, 4) is 0 Å². The third-order valence-corrected chi connectivity index (χ3v) is 2.83. The molecule has 0 aliphatic heterocycles. The second-order valence-corrected chi connectivity index (χ2v) is 5.69. The predicted octanol–water partition coefficient (Wildman–Crippen LogP) is 1.23. The Morgan fingerprint density at radius 2 is 2.12 bits per heavy atom. The molecule has 4 nitrogen and oxygen atoms in total. The van der Waals surface area contributed by atoms with Crippen molar-refractivity contribution >= 4 is 0 Å². The molecule has 1 unspecified atom stereocenters. The largest absolute Gasteiger partial charge is 0.326 e. The molecule has 4 heteroatoms. The van der Waals surface area contributed by atoms with Crippen LogP contribution in [0.5, 0.6) is 0 Å². The Balaban J connectivity index is 2.45. The third kappa shape index (κ3) is 3.94. The molecular formula is C12H24N4. The predicted molar refractivity (Wildman–Crippen MR) is 67.0 cm³/mol. The molecule has 0 aromatic carbocycles. The smallest absolute Gasteiger partial charge is 0.0534 e. The first-order valence-corrected chi connectivity index (χ1v) is 5.70. The van der Waals surface area contributed by atoms with Crippen LogP contribution in [-0.4, -0.2) is 34.3 Å². The van der Waals surface area contributed by atoms with Crippen molar-refractivity contribution in [3.05, 3.63) is 18.0 Å². The van der Waals surface area contributed by atoms with Gasteiger partial charge in [-0.3, -0.25) is 4.68 Å². The number of nitrogens with zero attached hydrogens (tertiary/aromatic N) is 3. The van der Waals surface area contributed by atoms with E-state index in [0.717, 1.165) is 13.1 Å². The van der Waals surface area contributed by atoms with Crippen molar-refractivity contribution in [2.75, 3.05) is 13.6 Å². The highest BCUT2D eigenvalue weighted by molar-refractivity contribution is 5.03. The van der Waals surface area contributed by atoms with Crippen molar-refractivity contribution in [2.45, 2.75) is 33.4 Å². The molecule has 1 aromatic heterocycles. The van der Waals surface area contributed by atoms with Crippen LogP contribution in [0.15, 0.2) is 12.4 Å². The summed E-state index contributed by atoms with van der Waals surface area (Å²) < 4.78 is 1.83. The number of rotatable bonds is 4. The minimum absolute atomic E-state index is 0.156. The molecule has 92 valence electrons. The minimum atomic E-state index is 0.156. The molecule has 1 atom stereocenters. The number of hydrogen-bond donors (Lipinski definition) is 1. The highest BCUT2D eigenvalue weighted by atomic mass is 15.2. The van der Waals surface area contributed by atoms with E-state index in [0.29, 0.717) is 0 Å². The van der Waals surface area contributed by atoms with Gasteiger partial charge in [-0.15, -0.1) is 0 Å². The van der Waals surface area contributed by atoms with E-state index in [2.05, 4.69) is 37.8 Å². The van der Waals surface area contributed by atoms with Crippen molar-refractivity contribution in [1.82, 2.24) is 14.7 Å². The van der Waals surface area contributed by atoms with Gasteiger partial charge in [0.25, 0.3) is 0 Å². The molecule has 1 heterocycles. The molecule has 0 saturated carbocycles. The van der Waals surface area contributed by atoms with Gasteiger partial charge in [-0.2, -0.15) is 5.10 Å². The number of nitrogens with two attached hydrogens (primary N) is 1. The van der Waals surface area contributed by atoms with Crippen LogP contribution < -0.4 is 5.73 Å². The lowest BCUT2D eigenvalue weighted by molar-refractivity contribution is 0.222. The molecule has 0 bridgehead atoms. The van der Waals surface area contributed by atoms with Crippen LogP contribution in [0.25, 0.3) is 0 Å². The van der Waals surface area contributed by atoms with Crippen molar-refractivity contribution in [1.29, 1.82) is 0 Å². The maximum Gasteiger partial charge on any atom is 0.0534 e. The molecule has 0 saturated heterocycles. The molecular weight excluding hydrogens is 200 g/mol. The Kier molecular flexibility index (Phi) is 4.10. The van der Waals surface area contributed by atoms with E-state index in [1.54, 1.807) is 0 Å². The topological polar surface area (TPSA) is 47.1 Å². The van der Waals surface area contributed by atoms with Crippen LogP contribution >= 0.6 is 0 Å². The summed E-state index contributed by atoms with van der Waals surface area (Å²) in [5.41, 5.74) is 7.53. The Morgan fingerprint density at radius 1 is 1.50 bits per heavy atom. The molecule has 0 aliphatic carbocycles. The van der Waals surface area contributed by atoms with Crippen LogP contribution in [0, 0.1) is 5.41 Å². The quantitative estimate of drug-likeness (QED) is 0.836. The molecule has 1 rings (SSSR count). The fourth-order valence-electron chi connectivity index (χ4n) is 1.54. The van der Waals surface area contributed by atoms with E-state index < -0.39 is 0 Å². The molecule has 16 heavy (non-hydrogen) atoms. The van der Waals surface area contributed by atoms with Crippen molar-refractivity contribution < 1.29 is 0 Å². The zero-order valence-electron chi connectivity index (χ0n) is 11.1. The van der Waals surface area contributed by atoms with Crippen LogP contribution in [0.3, 0.4) is 0 Å². The van der Waals surface area contributed by atoms with E-state index in [9.17, 15) is 0 Å². The van der Waals surface area contributed by atoms with Gasteiger partial charge in [0.15, 0.2) is 0 Å². The summed E-state index contributed by atoms with van der Waals surface area (Å²) in [4.78, 5) is 2.24. The molecule has 0 radical (unpaired) electrons. The summed E-state index contributed by atoms with van der Waals surface area (Å²) in [6.45, 7) is 8.33. The average Bonchev–Trinajstić information content (AvgIpc) is 2.49. The summed E-state index contributed by atoms with van der Waals surface area (Å²) >= 11 is 0. The Morgan fingerprint density at radius 3 is 2.56 bits per heavy atom. The van der Waals surface area contributed by atoms with Crippen LogP contribution in [0.4, 0.5) is 0 Å². The van der Waals surface area contributed by atoms with Gasteiger partial charge in [-0.05, 0) is 12.5 Å². The first kappa shape index (κ1) is 13.2. The Bertz CT molecular complexity index is 324. The summed E-state index contributed by atoms with van der Waals surface area (Å²) in [6.07, 6.45) is 3.94. The van der Waals surface area contributed by atoms with Gasteiger partial charge in [0.2, 0.25) is 0 Å². The van der Waals surface area contributed by atoms with E-state index in [1.165, 1.54) is 5.56 Å². The summed E-state index contributed by atoms with van der Waals surface area (Å²) in [5.74, 6) is 0. The van der Waals surface area contributed by atoms with E-state index in [1.807, 2.05) is 24.1 Å². The second-order valence-electron chi connectivity index (χ2n) is 5.69. The summed E-state index contributed by atoms with van der Waals surface area (Å²) in [5, 5.41) is 4.16. The summed E-state index contributed by atoms with van der Waals surface area (Å²) in [6, 6.07) is 0.189. The van der Waals surface area contributed by atoms with Crippen LogP contribution in [0.2, 0.25) is 0 Å². The Hall–Kier alpha value is -0.870. The first-order valence-electron chi connectivity index (χ1n) is 5.70. The maximum atomic E-state index is 6.15. The molecule has 0 aliphatic rings. The lowest BCUT2D eigenvalue weighted by Gasteiger charge is -2.30. The van der Waals surface area contributed by atoms with E-state index in [4.69, 9.17) is 5.73 Å². The number of hydrogen-bond acceptors (Lipinski definition) is 3. The molecule has 1 aromatic rings. The number of likely N-dealkylation sites (N-methyl/N-ethyl adjacent to an activating group) is 1. The van der Waals surface area contributed by atoms with E-state index >= 15 is 0 Å². The first-order chi connectivity index (χ1) is 7.29. The van der Waals surface area contributed by atoms with Gasteiger partial charge in [0.05, 0.1) is 6.20 Å². The fourth-order valence-corrected chi connectivity index (χ4v) is 1.54. The highest BCUT2D eigenvalue weighted by Gasteiger charge is 2.21. The van der Waals surface area contributed by atoms with E-state index in [-0.39, 0.29) is 11.5 Å². The summed E-state index contributed by atoms with van der Waals surface area (Å²) in [7, 11) is 4.03. The lowest BCUT2D eigenvalue weighted by Crippen LogP contribution is -2.43.